The van der Waals surface area contributed by atoms with Crippen LogP contribution in [0.2, 0.25) is 0 Å². The summed E-state index contributed by atoms with van der Waals surface area (Å²) in [4.78, 5) is 28.6. The molecule has 2 aromatic carbocycles. The highest BCUT2D eigenvalue weighted by Gasteiger charge is 2.16. The third-order valence-electron chi connectivity index (χ3n) is 4.71. The number of ether oxygens (including phenoxy) is 3. The Morgan fingerprint density at radius 3 is 2.52 bits per heavy atom. The summed E-state index contributed by atoms with van der Waals surface area (Å²) in [5.74, 6) is 0.377. The number of carbonyl (C=O) groups is 2. The van der Waals surface area contributed by atoms with E-state index in [2.05, 4.69) is 10.3 Å². The van der Waals surface area contributed by atoms with E-state index in [0.717, 1.165) is 16.8 Å². The number of methoxy groups -OCH3 is 1. The maximum absolute atomic E-state index is 12.3. The van der Waals surface area contributed by atoms with Crippen molar-refractivity contribution in [1.82, 2.24) is 10.3 Å². The number of esters is 1. The van der Waals surface area contributed by atoms with Crippen molar-refractivity contribution in [2.45, 2.75) is 26.2 Å². The molecule has 0 aliphatic heterocycles. The molecule has 0 aliphatic rings. The molecule has 0 saturated carbocycles. The molecule has 0 aliphatic carbocycles. The fourth-order valence-electron chi connectivity index (χ4n) is 2.92. The first kappa shape index (κ1) is 23.5. The standard InChI is InChI=1S/C26H26N2O5/c1-19(26(30)28-17-21-7-3-4-9-24(21)31-2)33-25(29)15-12-20-10-13-23(14-11-20)32-18-22-8-5-6-16-27-22/h3-16,19H,17-18H2,1-2H3,(H,28,30)/b15-12+. The molecule has 3 rings (SSSR count). The van der Waals surface area contributed by atoms with Crippen molar-refractivity contribution in [3.63, 3.8) is 0 Å². The Bertz CT molecular complexity index is 1080. The van der Waals surface area contributed by atoms with Crippen LogP contribution in [0.4, 0.5) is 0 Å². The maximum atomic E-state index is 12.3. The van der Waals surface area contributed by atoms with Gasteiger partial charge in [0, 0.05) is 24.4 Å². The number of para-hydroxylation sites is 1. The van der Waals surface area contributed by atoms with E-state index in [1.54, 1.807) is 19.4 Å². The minimum Gasteiger partial charge on any atom is -0.496 e. The van der Waals surface area contributed by atoms with Gasteiger partial charge in [-0.2, -0.15) is 0 Å². The van der Waals surface area contributed by atoms with Crippen LogP contribution in [0.25, 0.3) is 6.08 Å². The van der Waals surface area contributed by atoms with E-state index in [1.807, 2.05) is 66.7 Å². The summed E-state index contributed by atoms with van der Waals surface area (Å²) in [7, 11) is 1.57. The number of nitrogens with zero attached hydrogens (tertiary/aromatic N) is 1. The van der Waals surface area contributed by atoms with E-state index < -0.39 is 18.0 Å². The van der Waals surface area contributed by atoms with Crippen molar-refractivity contribution < 1.29 is 23.8 Å². The molecular formula is C26H26N2O5. The number of hydrogen-bond donors (Lipinski definition) is 1. The van der Waals surface area contributed by atoms with E-state index in [9.17, 15) is 9.59 Å². The van der Waals surface area contributed by atoms with Crippen LogP contribution in [0.15, 0.2) is 79.0 Å². The van der Waals surface area contributed by atoms with Crippen LogP contribution in [0.3, 0.4) is 0 Å². The first-order valence-corrected chi connectivity index (χ1v) is 10.5. The highest BCUT2D eigenvalue weighted by Crippen LogP contribution is 2.17. The van der Waals surface area contributed by atoms with Crippen LogP contribution in [-0.2, 0) is 27.5 Å². The second-order valence-corrected chi connectivity index (χ2v) is 7.12. The zero-order valence-corrected chi connectivity index (χ0v) is 18.6. The number of benzene rings is 2. The van der Waals surface area contributed by atoms with Crippen molar-refractivity contribution in [3.05, 3.63) is 95.8 Å². The molecule has 1 unspecified atom stereocenters. The van der Waals surface area contributed by atoms with Gasteiger partial charge in [-0.15, -0.1) is 0 Å². The number of pyridine rings is 1. The molecule has 0 saturated heterocycles. The fraction of sp³-hybridized carbons (Fsp3) is 0.192. The lowest BCUT2D eigenvalue weighted by Gasteiger charge is -2.13. The van der Waals surface area contributed by atoms with Crippen molar-refractivity contribution in [3.8, 4) is 11.5 Å². The lowest BCUT2D eigenvalue weighted by molar-refractivity contribution is -0.150. The van der Waals surface area contributed by atoms with E-state index in [0.29, 0.717) is 18.1 Å². The molecule has 0 fully saturated rings. The Morgan fingerprint density at radius 2 is 1.79 bits per heavy atom. The lowest BCUT2D eigenvalue weighted by atomic mass is 10.2. The molecule has 7 heteroatoms. The maximum Gasteiger partial charge on any atom is 0.331 e. The smallest absolute Gasteiger partial charge is 0.331 e. The summed E-state index contributed by atoms with van der Waals surface area (Å²) >= 11 is 0. The molecule has 33 heavy (non-hydrogen) atoms. The van der Waals surface area contributed by atoms with Crippen LogP contribution >= 0.6 is 0 Å². The predicted molar refractivity (Wildman–Crippen MR) is 124 cm³/mol. The third kappa shape index (κ3) is 7.50. The van der Waals surface area contributed by atoms with E-state index >= 15 is 0 Å². The Balaban J connectivity index is 1.44. The molecule has 1 N–H and O–H groups in total. The van der Waals surface area contributed by atoms with Gasteiger partial charge < -0.3 is 19.5 Å². The molecule has 7 nitrogen and oxygen atoms in total. The van der Waals surface area contributed by atoms with Crippen LogP contribution in [0.5, 0.6) is 11.5 Å². The van der Waals surface area contributed by atoms with Crippen molar-refractivity contribution in [2.75, 3.05) is 7.11 Å². The van der Waals surface area contributed by atoms with Crippen LogP contribution in [0.1, 0.15) is 23.7 Å². The Morgan fingerprint density at radius 1 is 1.03 bits per heavy atom. The van der Waals surface area contributed by atoms with Gasteiger partial charge in [0.15, 0.2) is 6.10 Å². The second-order valence-electron chi connectivity index (χ2n) is 7.12. The molecule has 1 amide bonds. The Labute approximate surface area is 193 Å². The van der Waals surface area contributed by atoms with Gasteiger partial charge in [-0.25, -0.2) is 4.79 Å². The normalized spacial score (nSPS) is 11.6. The molecule has 0 bridgehead atoms. The monoisotopic (exact) mass is 446 g/mol. The quantitative estimate of drug-likeness (QED) is 0.375. The van der Waals surface area contributed by atoms with E-state index in [-0.39, 0.29) is 6.54 Å². The largest absolute Gasteiger partial charge is 0.496 e. The highest BCUT2D eigenvalue weighted by molar-refractivity contribution is 5.90. The molecule has 170 valence electrons. The van der Waals surface area contributed by atoms with E-state index in [1.165, 1.54) is 13.0 Å². The number of carbonyl (C=O) groups excluding carboxylic acids is 2. The average Bonchev–Trinajstić information content (AvgIpc) is 2.86. The van der Waals surface area contributed by atoms with Gasteiger partial charge in [0.25, 0.3) is 5.91 Å². The highest BCUT2D eigenvalue weighted by atomic mass is 16.5. The zero-order valence-electron chi connectivity index (χ0n) is 18.6. The summed E-state index contributed by atoms with van der Waals surface area (Å²) in [6.45, 7) is 2.17. The molecule has 3 aromatic rings. The number of aromatic nitrogens is 1. The van der Waals surface area contributed by atoms with Gasteiger partial charge >= 0.3 is 5.97 Å². The first-order chi connectivity index (χ1) is 16.0. The number of amides is 1. The summed E-state index contributed by atoms with van der Waals surface area (Å²) < 4.78 is 16.1. The van der Waals surface area contributed by atoms with Crippen LogP contribution in [-0.4, -0.2) is 30.1 Å². The molecule has 1 aromatic heterocycles. The lowest BCUT2D eigenvalue weighted by Crippen LogP contribution is -2.35. The van der Waals surface area contributed by atoms with Crippen LogP contribution < -0.4 is 14.8 Å². The van der Waals surface area contributed by atoms with Crippen molar-refractivity contribution in [1.29, 1.82) is 0 Å². The topological polar surface area (TPSA) is 86.8 Å². The number of nitrogens with one attached hydrogen (secondary N) is 1. The molecule has 1 heterocycles. The first-order valence-electron chi connectivity index (χ1n) is 10.5. The van der Waals surface area contributed by atoms with Gasteiger partial charge in [-0.3, -0.25) is 9.78 Å². The minimum absolute atomic E-state index is 0.273. The van der Waals surface area contributed by atoms with Gasteiger partial charge in [0.1, 0.15) is 18.1 Å². The summed E-state index contributed by atoms with van der Waals surface area (Å²) in [6, 6.07) is 20.3. The Hall–Kier alpha value is -4.13. The van der Waals surface area contributed by atoms with Crippen LogP contribution in [0, 0.1) is 0 Å². The average molecular weight is 447 g/mol. The Kier molecular flexibility index (Phi) is 8.59. The molecular weight excluding hydrogens is 420 g/mol. The predicted octanol–water partition coefficient (Wildman–Crippen LogP) is 3.93. The second kappa shape index (κ2) is 12.0. The summed E-state index contributed by atoms with van der Waals surface area (Å²) in [5.41, 5.74) is 2.47. The molecule has 0 spiro atoms. The SMILES string of the molecule is COc1ccccc1CNC(=O)C(C)OC(=O)/C=C/c1ccc(OCc2ccccn2)cc1. The zero-order chi connectivity index (χ0) is 23.5. The summed E-state index contributed by atoms with van der Waals surface area (Å²) in [6.07, 6.45) is 3.69. The van der Waals surface area contributed by atoms with Gasteiger partial charge in [-0.1, -0.05) is 36.4 Å². The van der Waals surface area contributed by atoms with Gasteiger partial charge in [-0.05, 0) is 48.9 Å². The number of rotatable bonds is 10. The van der Waals surface area contributed by atoms with Crippen molar-refractivity contribution >= 4 is 18.0 Å². The summed E-state index contributed by atoms with van der Waals surface area (Å²) in [5, 5.41) is 2.74. The number of hydrogen-bond acceptors (Lipinski definition) is 6. The fourth-order valence-corrected chi connectivity index (χ4v) is 2.92. The minimum atomic E-state index is -0.931. The molecule has 1 atom stereocenters. The molecule has 0 radical (unpaired) electrons. The van der Waals surface area contributed by atoms with Gasteiger partial charge in [0.2, 0.25) is 0 Å². The van der Waals surface area contributed by atoms with E-state index in [4.69, 9.17) is 14.2 Å². The van der Waals surface area contributed by atoms with Crippen molar-refractivity contribution in [2.24, 2.45) is 0 Å². The van der Waals surface area contributed by atoms with Gasteiger partial charge in [0.05, 0.1) is 12.8 Å². The third-order valence-corrected chi connectivity index (χ3v) is 4.71.